The second kappa shape index (κ2) is 4.54. The van der Waals surface area contributed by atoms with E-state index in [0.29, 0.717) is 12.4 Å². The summed E-state index contributed by atoms with van der Waals surface area (Å²) in [5.74, 6) is 0.122. The summed E-state index contributed by atoms with van der Waals surface area (Å²) in [7, 11) is 0. The highest BCUT2D eigenvalue weighted by Gasteiger charge is 2.12. The van der Waals surface area contributed by atoms with Crippen LogP contribution in [0.15, 0.2) is 18.2 Å². The zero-order valence-corrected chi connectivity index (χ0v) is 8.52. The zero-order valence-electron chi connectivity index (χ0n) is 8.52. The summed E-state index contributed by atoms with van der Waals surface area (Å²) in [6.07, 6.45) is 0. The molecule has 80 valence electrons. The van der Waals surface area contributed by atoms with Crippen LogP contribution in [0, 0.1) is 10.1 Å². The maximum absolute atomic E-state index is 11.1. The van der Waals surface area contributed by atoms with E-state index >= 15 is 0 Å². The van der Waals surface area contributed by atoms with Gasteiger partial charge in [-0.3, -0.25) is 14.9 Å². The lowest BCUT2D eigenvalue weighted by atomic mass is 10.1. The Morgan fingerprint density at radius 3 is 2.60 bits per heavy atom. The van der Waals surface area contributed by atoms with Gasteiger partial charge in [0.2, 0.25) is 0 Å². The molecule has 0 fully saturated rings. The number of carbonyl (C=O) groups excluding carboxylic acids is 1. The van der Waals surface area contributed by atoms with Gasteiger partial charge in [0, 0.05) is 11.6 Å². The molecule has 0 N–H and O–H groups in total. The smallest absolute Gasteiger partial charge is 0.273 e. The van der Waals surface area contributed by atoms with E-state index in [2.05, 4.69) is 0 Å². The summed E-state index contributed by atoms with van der Waals surface area (Å²) in [5.41, 5.74) is 0.152. The second-order valence-corrected chi connectivity index (χ2v) is 2.96. The molecule has 15 heavy (non-hydrogen) atoms. The van der Waals surface area contributed by atoms with E-state index in [-0.39, 0.29) is 17.0 Å². The Labute approximate surface area is 86.8 Å². The molecule has 0 aromatic heterocycles. The molecule has 1 aromatic rings. The van der Waals surface area contributed by atoms with Gasteiger partial charge < -0.3 is 4.74 Å². The van der Waals surface area contributed by atoms with Gasteiger partial charge in [-0.05, 0) is 19.9 Å². The van der Waals surface area contributed by atoms with Crippen molar-refractivity contribution in [1.82, 2.24) is 0 Å². The molecule has 0 heterocycles. The van der Waals surface area contributed by atoms with Crippen LogP contribution in [-0.2, 0) is 0 Å². The molecule has 1 aromatic carbocycles. The minimum absolute atomic E-state index is 0.133. The molecule has 0 bridgehead atoms. The van der Waals surface area contributed by atoms with E-state index in [1.54, 1.807) is 6.92 Å². The molecule has 5 heteroatoms. The molecule has 0 spiro atoms. The Kier molecular flexibility index (Phi) is 3.38. The molecule has 0 unspecified atom stereocenters. The van der Waals surface area contributed by atoms with Crippen molar-refractivity contribution in [2.24, 2.45) is 0 Å². The summed E-state index contributed by atoms with van der Waals surface area (Å²) < 4.78 is 5.13. The molecule has 1 rings (SSSR count). The highest BCUT2D eigenvalue weighted by atomic mass is 16.6. The first-order valence-electron chi connectivity index (χ1n) is 4.47. The molecular formula is C10H11NO4. The number of ketones is 1. The monoisotopic (exact) mass is 209 g/mol. The SMILES string of the molecule is CCOc1cc(C(C)=O)cc([N+](=O)[O-])c1. The third-order valence-corrected chi connectivity index (χ3v) is 1.82. The van der Waals surface area contributed by atoms with E-state index in [1.165, 1.54) is 25.1 Å². The zero-order chi connectivity index (χ0) is 11.4. The molecule has 0 saturated carbocycles. The third-order valence-electron chi connectivity index (χ3n) is 1.82. The Morgan fingerprint density at radius 2 is 2.13 bits per heavy atom. The number of nitrogens with zero attached hydrogens (tertiary/aromatic N) is 1. The number of carbonyl (C=O) groups is 1. The van der Waals surface area contributed by atoms with Gasteiger partial charge in [0.05, 0.1) is 17.6 Å². The lowest BCUT2D eigenvalue weighted by Crippen LogP contribution is -1.99. The Balaban J connectivity index is 3.19. The van der Waals surface area contributed by atoms with Gasteiger partial charge in [0.1, 0.15) is 5.75 Å². The molecular weight excluding hydrogens is 198 g/mol. The maximum atomic E-state index is 11.1. The van der Waals surface area contributed by atoms with Crippen LogP contribution in [0.4, 0.5) is 5.69 Å². The first-order chi connectivity index (χ1) is 7.04. The Hall–Kier alpha value is -1.91. The van der Waals surface area contributed by atoms with E-state index in [4.69, 9.17) is 4.74 Å². The number of ether oxygens (including phenoxy) is 1. The summed E-state index contributed by atoms with van der Waals surface area (Å²) in [6.45, 7) is 3.53. The minimum atomic E-state index is -0.547. The molecule has 0 amide bonds. The minimum Gasteiger partial charge on any atom is -0.494 e. The Bertz CT molecular complexity index is 368. The second-order valence-electron chi connectivity index (χ2n) is 2.96. The van der Waals surface area contributed by atoms with Crippen LogP contribution >= 0.6 is 0 Å². The third kappa shape index (κ3) is 2.77. The van der Waals surface area contributed by atoms with E-state index < -0.39 is 4.92 Å². The van der Waals surface area contributed by atoms with Gasteiger partial charge in [-0.25, -0.2) is 0 Å². The number of non-ortho nitro benzene ring substituents is 1. The number of nitro groups is 1. The van der Waals surface area contributed by atoms with E-state index in [9.17, 15) is 14.9 Å². The number of hydrogen-bond donors (Lipinski definition) is 0. The highest BCUT2D eigenvalue weighted by Crippen LogP contribution is 2.23. The highest BCUT2D eigenvalue weighted by molar-refractivity contribution is 5.95. The van der Waals surface area contributed by atoms with Gasteiger partial charge in [0.15, 0.2) is 5.78 Å². The molecule has 0 aliphatic carbocycles. The largest absolute Gasteiger partial charge is 0.494 e. The van der Waals surface area contributed by atoms with Crippen LogP contribution in [-0.4, -0.2) is 17.3 Å². The average Bonchev–Trinajstić information content (AvgIpc) is 2.17. The van der Waals surface area contributed by atoms with E-state index in [1.807, 2.05) is 0 Å². The van der Waals surface area contributed by atoms with E-state index in [0.717, 1.165) is 0 Å². The van der Waals surface area contributed by atoms with Gasteiger partial charge in [-0.2, -0.15) is 0 Å². The number of rotatable bonds is 4. The number of Topliss-reactive ketones (excluding diaryl/α,β-unsaturated/α-hetero) is 1. The van der Waals surface area contributed by atoms with Crippen LogP contribution in [0.3, 0.4) is 0 Å². The first kappa shape index (κ1) is 11.2. The van der Waals surface area contributed by atoms with Gasteiger partial charge in [-0.15, -0.1) is 0 Å². The topological polar surface area (TPSA) is 69.4 Å². The predicted molar refractivity (Wildman–Crippen MR) is 54.3 cm³/mol. The van der Waals surface area contributed by atoms with Crippen molar-refractivity contribution in [3.8, 4) is 5.75 Å². The van der Waals surface area contributed by atoms with Crippen molar-refractivity contribution in [1.29, 1.82) is 0 Å². The van der Waals surface area contributed by atoms with Crippen molar-refractivity contribution in [2.45, 2.75) is 13.8 Å². The van der Waals surface area contributed by atoms with Crippen LogP contribution < -0.4 is 4.74 Å². The molecule has 0 radical (unpaired) electrons. The number of nitro benzene ring substituents is 1. The van der Waals surface area contributed by atoms with Crippen molar-refractivity contribution in [3.63, 3.8) is 0 Å². The normalized spacial score (nSPS) is 9.73. The fraction of sp³-hybridized carbons (Fsp3) is 0.300. The molecule has 0 saturated heterocycles. The van der Waals surface area contributed by atoms with Crippen molar-refractivity contribution in [2.75, 3.05) is 6.61 Å². The molecule has 0 aliphatic heterocycles. The van der Waals surface area contributed by atoms with Crippen molar-refractivity contribution < 1.29 is 14.5 Å². The van der Waals surface area contributed by atoms with Crippen molar-refractivity contribution >= 4 is 11.5 Å². The quantitative estimate of drug-likeness (QED) is 0.433. The number of hydrogen-bond acceptors (Lipinski definition) is 4. The lowest BCUT2D eigenvalue weighted by molar-refractivity contribution is -0.385. The van der Waals surface area contributed by atoms with Crippen LogP contribution in [0.25, 0.3) is 0 Å². The average molecular weight is 209 g/mol. The molecule has 5 nitrogen and oxygen atoms in total. The summed E-state index contributed by atoms with van der Waals surface area (Å²) in [6, 6.07) is 4.04. The fourth-order valence-corrected chi connectivity index (χ4v) is 1.14. The summed E-state index contributed by atoms with van der Waals surface area (Å²) >= 11 is 0. The maximum Gasteiger partial charge on any atom is 0.273 e. The van der Waals surface area contributed by atoms with Gasteiger partial charge in [0.25, 0.3) is 5.69 Å². The van der Waals surface area contributed by atoms with Gasteiger partial charge in [-0.1, -0.05) is 0 Å². The van der Waals surface area contributed by atoms with Crippen LogP contribution in [0.1, 0.15) is 24.2 Å². The number of benzene rings is 1. The predicted octanol–water partition coefficient (Wildman–Crippen LogP) is 2.20. The lowest BCUT2D eigenvalue weighted by Gasteiger charge is -2.04. The van der Waals surface area contributed by atoms with Crippen molar-refractivity contribution in [3.05, 3.63) is 33.9 Å². The van der Waals surface area contributed by atoms with Crippen LogP contribution in [0.2, 0.25) is 0 Å². The van der Waals surface area contributed by atoms with Gasteiger partial charge >= 0.3 is 0 Å². The summed E-state index contributed by atoms with van der Waals surface area (Å²) in [5, 5.41) is 10.6. The fourth-order valence-electron chi connectivity index (χ4n) is 1.14. The molecule has 0 aliphatic rings. The standard InChI is InChI=1S/C10H11NO4/c1-3-15-10-5-8(7(2)12)4-9(6-10)11(13)14/h4-6H,3H2,1-2H3. The first-order valence-corrected chi connectivity index (χ1v) is 4.47. The van der Waals surface area contributed by atoms with Crippen LogP contribution in [0.5, 0.6) is 5.75 Å². The Morgan fingerprint density at radius 1 is 1.47 bits per heavy atom. The summed E-state index contributed by atoms with van der Waals surface area (Å²) in [4.78, 5) is 21.1. The molecule has 0 atom stereocenters.